The number of hydrogen-bond donors (Lipinski definition) is 1. The highest BCUT2D eigenvalue weighted by Gasteiger charge is 2.29. The molecule has 3 rings (SSSR count). The number of benzene rings is 1. The number of rotatable bonds is 5. The predicted molar refractivity (Wildman–Crippen MR) is 74.2 cm³/mol. The maximum atomic E-state index is 12.4. The number of amides is 1. The third-order valence-corrected chi connectivity index (χ3v) is 3.95. The fourth-order valence-corrected chi connectivity index (χ4v) is 2.63. The number of carbonyl (C=O) groups is 1. The molecule has 2 aromatic rings. The molecule has 0 spiro atoms. The quantitative estimate of drug-likeness (QED) is 0.902. The zero-order chi connectivity index (χ0) is 13.9. The fraction of sp³-hybridized carbons (Fsp3) is 0.467. The third kappa shape index (κ3) is 2.41. The normalized spacial score (nSPS) is 15.2. The maximum absolute atomic E-state index is 12.4. The molecule has 0 bridgehead atoms. The molecule has 1 saturated carbocycles. The summed E-state index contributed by atoms with van der Waals surface area (Å²) in [6.07, 6.45) is 3.46. The standard InChI is InChI=1S/C15H18N2O3/c18-9-8-17(11-4-3-5-11)15(19)10-13-12-6-1-2-7-14(12)20-16-13/h1-2,6-7,11,18H,3-5,8-10H2. The summed E-state index contributed by atoms with van der Waals surface area (Å²) in [6, 6.07) is 7.83. The number of aliphatic hydroxyl groups excluding tert-OH is 1. The molecular formula is C15H18N2O3. The van der Waals surface area contributed by atoms with Gasteiger partial charge in [-0.25, -0.2) is 0 Å². The van der Waals surface area contributed by atoms with Gasteiger partial charge in [-0.2, -0.15) is 0 Å². The van der Waals surface area contributed by atoms with Crippen molar-refractivity contribution in [3.63, 3.8) is 0 Å². The first-order valence-electron chi connectivity index (χ1n) is 7.03. The first-order valence-corrected chi connectivity index (χ1v) is 7.03. The Balaban J connectivity index is 1.76. The molecule has 1 N–H and O–H groups in total. The summed E-state index contributed by atoms with van der Waals surface area (Å²) in [5.41, 5.74) is 1.38. The van der Waals surface area contributed by atoms with E-state index in [4.69, 9.17) is 9.63 Å². The van der Waals surface area contributed by atoms with Crippen LogP contribution in [-0.2, 0) is 11.2 Å². The maximum Gasteiger partial charge on any atom is 0.229 e. The van der Waals surface area contributed by atoms with Crippen LogP contribution >= 0.6 is 0 Å². The average molecular weight is 274 g/mol. The van der Waals surface area contributed by atoms with Gasteiger partial charge in [-0.15, -0.1) is 0 Å². The largest absolute Gasteiger partial charge is 0.395 e. The predicted octanol–water partition coefficient (Wildman–Crippen LogP) is 1.74. The van der Waals surface area contributed by atoms with Crippen LogP contribution in [0.3, 0.4) is 0 Å². The van der Waals surface area contributed by atoms with Gasteiger partial charge in [-0.05, 0) is 31.4 Å². The molecule has 1 aromatic heterocycles. The second-order valence-corrected chi connectivity index (χ2v) is 5.20. The van der Waals surface area contributed by atoms with E-state index in [2.05, 4.69) is 5.16 Å². The Morgan fingerprint density at radius 2 is 2.20 bits per heavy atom. The molecular weight excluding hydrogens is 256 g/mol. The second-order valence-electron chi connectivity index (χ2n) is 5.20. The molecule has 1 aliphatic rings. The van der Waals surface area contributed by atoms with Gasteiger partial charge < -0.3 is 14.5 Å². The highest BCUT2D eigenvalue weighted by atomic mass is 16.5. The van der Waals surface area contributed by atoms with Crippen molar-refractivity contribution in [3.8, 4) is 0 Å². The van der Waals surface area contributed by atoms with Gasteiger partial charge in [-0.1, -0.05) is 17.3 Å². The van der Waals surface area contributed by atoms with Crippen molar-refractivity contribution in [2.45, 2.75) is 31.7 Å². The zero-order valence-electron chi connectivity index (χ0n) is 11.3. The van der Waals surface area contributed by atoms with Gasteiger partial charge in [0, 0.05) is 18.0 Å². The second kappa shape index (κ2) is 5.63. The Bertz CT molecular complexity index is 604. The van der Waals surface area contributed by atoms with E-state index in [1.54, 1.807) is 4.90 Å². The van der Waals surface area contributed by atoms with Gasteiger partial charge in [0.1, 0.15) is 5.69 Å². The van der Waals surface area contributed by atoms with E-state index in [-0.39, 0.29) is 25.0 Å². The van der Waals surface area contributed by atoms with E-state index < -0.39 is 0 Å². The first-order chi connectivity index (χ1) is 9.79. The van der Waals surface area contributed by atoms with Crippen molar-refractivity contribution in [2.75, 3.05) is 13.2 Å². The molecule has 0 unspecified atom stereocenters. The monoisotopic (exact) mass is 274 g/mol. The molecule has 1 heterocycles. The van der Waals surface area contributed by atoms with Crippen molar-refractivity contribution >= 4 is 16.9 Å². The summed E-state index contributed by atoms with van der Waals surface area (Å²) in [5, 5.41) is 14.0. The van der Waals surface area contributed by atoms with Crippen molar-refractivity contribution in [1.82, 2.24) is 10.1 Å². The van der Waals surface area contributed by atoms with Crippen molar-refractivity contribution < 1.29 is 14.4 Å². The number of hydrogen-bond acceptors (Lipinski definition) is 4. The van der Waals surface area contributed by atoms with Crippen LogP contribution in [-0.4, -0.2) is 40.3 Å². The SMILES string of the molecule is O=C(Cc1noc2ccccc12)N(CCO)C1CCC1. The fourth-order valence-electron chi connectivity index (χ4n) is 2.63. The molecule has 1 amide bonds. The minimum atomic E-state index is 0.00179. The Morgan fingerprint density at radius 3 is 2.90 bits per heavy atom. The van der Waals surface area contributed by atoms with Crippen LogP contribution in [0.15, 0.2) is 28.8 Å². The molecule has 20 heavy (non-hydrogen) atoms. The summed E-state index contributed by atoms with van der Waals surface area (Å²) in [6.45, 7) is 0.404. The highest BCUT2D eigenvalue weighted by Crippen LogP contribution is 2.26. The Morgan fingerprint density at radius 1 is 1.40 bits per heavy atom. The van der Waals surface area contributed by atoms with Crippen molar-refractivity contribution in [3.05, 3.63) is 30.0 Å². The van der Waals surface area contributed by atoms with Crippen LogP contribution in [0, 0.1) is 0 Å². The van der Waals surface area contributed by atoms with Crippen LogP contribution < -0.4 is 0 Å². The van der Waals surface area contributed by atoms with Crippen molar-refractivity contribution in [2.24, 2.45) is 0 Å². The minimum absolute atomic E-state index is 0.00179. The molecule has 1 aliphatic carbocycles. The number of nitrogens with zero attached hydrogens (tertiary/aromatic N) is 2. The van der Waals surface area contributed by atoms with E-state index in [0.717, 1.165) is 24.6 Å². The number of fused-ring (bicyclic) bond motifs is 1. The lowest BCUT2D eigenvalue weighted by Gasteiger charge is -2.37. The first kappa shape index (κ1) is 13.1. The third-order valence-electron chi connectivity index (χ3n) is 3.95. The Labute approximate surface area is 117 Å². The lowest BCUT2D eigenvalue weighted by molar-refractivity contribution is -0.135. The van der Waals surface area contributed by atoms with Gasteiger partial charge in [0.15, 0.2) is 5.58 Å². The van der Waals surface area contributed by atoms with E-state index in [1.807, 2.05) is 24.3 Å². The number of carbonyl (C=O) groups excluding carboxylic acids is 1. The molecule has 5 heteroatoms. The van der Waals surface area contributed by atoms with Crippen LogP contribution in [0.1, 0.15) is 25.0 Å². The van der Waals surface area contributed by atoms with Gasteiger partial charge in [0.05, 0.1) is 13.0 Å². The lowest BCUT2D eigenvalue weighted by atomic mass is 9.91. The highest BCUT2D eigenvalue weighted by molar-refractivity contribution is 5.86. The average Bonchev–Trinajstić information content (AvgIpc) is 2.80. The lowest BCUT2D eigenvalue weighted by Crippen LogP contribution is -2.46. The van der Waals surface area contributed by atoms with E-state index in [1.165, 1.54) is 0 Å². The van der Waals surface area contributed by atoms with Gasteiger partial charge in [0.25, 0.3) is 0 Å². The van der Waals surface area contributed by atoms with Gasteiger partial charge in [0.2, 0.25) is 5.91 Å². The summed E-state index contributed by atoms with van der Waals surface area (Å²) in [7, 11) is 0. The van der Waals surface area contributed by atoms with E-state index in [0.29, 0.717) is 17.8 Å². The van der Waals surface area contributed by atoms with E-state index >= 15 is 0 Å². The molecule has 0 atom stereocenters. The van der Waals surface area contributed by atoms with Crippen LogP contribution in [0.25, 0.3) is 11.0 Å². The van der Waals surface area contributed by atoms with Crippen molar-refractivity contribution in [1.29, 1.82) is 0 Å². The summed E-state index contributed by atoms with van der Waals surface area (Å²) in [5.74, 6) is 0.0165. The molecule has 0 saturated heterocycles. The number of para-hydroxylation sites is 1. The van der Waals surface area contributed by atoms with Gasteiger partial charge in [-0.3, -0.25) is 4.79 Å². The Kier molecular flexibility index (Phi) is 3.69. The smallest absolute Gasteiger partial charge is 0.229 e. The molecule has 1 fully saturated rings. The number of aromatic nitrogens is 1. The molecule has 0 radical (unpaired) electrons. The van der Waals surface area contributed by atoms with Crippen LogP contribution in [0.5, 0.6) is 0 Å². The van der Waals surface area contributed by atoms with E-state index in [9.17, 15) is 4.79 Å². The van der Waals surface area contributed by atoms with Gasteiger partial charge >= 0.3 is 0 Å². The van der Waals surface area contributed by atoms with Crippen LogP contribution in [0.4, 0.5) is 0 Å². The zero-order valence-corrected chi connectivity index (χ0v) is 11.3. The number of aliphatic hydroxyl groups is 1. The molecule has 5 nitrogen and oxygen atoms in total. The van der Waals surface area contributed by atoms with Crippen LogP contribution in [0.2, 0.25) is 0 Å². The molecule has 106 valence electrons. The summed E-state index contributed by atoms with van der Waals surface area (Å²) in [4.78, 5) is 14.2. The minimum Gasteiger partial charge on any atom is -0.395 e. The molecule has 1 aromatic carbocycles. The molecule has 0 aliphatic heterocycles. The Hall–Kier alpha value is -1.88. The summed E-state index contributed by atoms with van der Waals surface area (Å²) < 4.78 is 5.22. The summed E-state index contributed by atoms with van der Waals surface area (Å²) >= 11 is 0. The topological polar surface area (TPSA) is 66.6 Å².